The molecule has 4 rings (SSSR count). The summed E-state index contributed by atoms with van der Waals surface area (Å²) in [5, 5.41) is 7.33. The molecular weight excluding hydrogens is 514 g/mol. The van der Waals surface area contributed by atoms with E-state index >= 15 is 0 Å². The second-order valence-electron chi connectivity index (χ2n) is 9.59. The molecule has 1 aliphatic rings. The summed E-state index contributed by atoms with van der Waals surface area (Å²) in [6.07, 6.45) is 10.4. The predicted octanol–water partition coefficient (Wildman–Crippen LogP) is 5.52. The summed E-state index contributed by atoms with van der Waals surface area (Å²) in [6, 6.07) is 12.3. The normalized spacial score (nSPS) is 12.4. The number of methoxy groups -OCH3 is 1. The number of hydrogen-bond acceptors (Lipinski definition) is 4. The maximum atomic E-state index is 13.4. The van der Waals surface area contributed by atoms with Crippen LogP contribution in [0.15, 0.2) is 66.3 Å². The molecule has 1 aromatic heterocycles. The fraction of sp³-hybridized carbons (Fsp3) is 0.323. The lowest BCUT2D eigenvalue weighted by Crippen LogP contribution is -2.26. The van der Waals surface area contributed by atoms with Crippen molar-refractivity contribution in [2.24, 2.45) is 0 Å². The van der Waals surface area contributed by atoms with E-state index in [4.69, 9.17) is 16.3 Å². The van der Waals surface area contributed by atoms with Crippen LogP contribution in [0.25, 0.3) is 10.9 Å². The molecule has 2 amide bonds. The Labute approximate surface area is 233 Å². The molecule has 2 aromatic carbocycles. The monoisotopic (exact) mass is 547 g/mol. The molecule has 0 radical (unpaired) electrons. The van der Waals surface area contributed by atoms with Gasteiger partial charge in [0.2, 0.25) is 5.91 Å². The lowest BCUT2D eigenvalue weighted by molar-refractivity contribution is -0.120. The van der Waals surface area contributed by atoms with Crippen LogP contribution in [0.2, 0.25) is 5.02 Å². The van der Waals surface area contributed by atoms with Gasteiger partial charge in [-0.1, -0.05) is 42.7 Å². The van der Waals surface area contributed by atoms with E-state index < -0.39 is 0 Å². The number of halogens is 1. The fourth-order valence-electron chi connectivity index (χ4n) is 4.78. The average Bonchev–Trinajstić information content (AvgIpc) is 3.57. The van der Waals surface area contributed by atoms with E-state index in [9.17, 15) is 14.4 Å². The number of rotatable bonds is 12. The Morgan fingerprint density at radius 1 is 0.974 bits per heavy atom. The van der Waals surface area contributed by atoms with Gasteiger partial charge in [0.1, 0.15) is 5.75 Å². The van der Waals surface area contributed by atoms with Crippen molar-refractivity contribution < 1.29 is 19.1 Å². The molecule has 0 bridgehead atoms. The molecule has 1 aliphatic carbocycles. The number of fused-ring (bicyclic) bond motifs is 1. The van der Waals surface area contributed by atoms with Gasteiger partial charge < -0.3 is 15.4 Å². The molecule has 7 nitrogen and oxygen atoms in total. The molecule has 0 unspecified atom stereocenters. The van der Waals surface area contributed by atoms with Crippen LogP contribution in [0.1, 0.15) is 53.7 Å². The topological polar surface area (TPSA) is 89.4 Å². The van der Waals surface area contributed by atoms with Crippen molar-refractivity contribution in [3.8, 4) is 5.75 Å². The number of unbranched alkanes of at least 4 members (excludes halogenated alkanes) is 3. The first kappa shape index (κ1) is 28.2. The largest absolute Gasteiger partial charge is 0.497 e. The Morgan fingerprint density at radius 2 is 1.69 bits per heavy atom. The Kier molecular flexibility index (Phi) is 9.60. The number of allylic oxidation sites excluding steroid dienone is 2. The summed E-state index contributed by atoms with van der Waals surface area (Å²) < 4.78 is 7.06. The van der Waals surface area contributed by atoms with Crippen molar-refractivity contribution in [2.45, 2.75) is 45.4 Å². The molecule has 39 heavy (non-hydrogen) atoms. The number of aromatic nitrogens is 1. The van der Waals surface area contributed by atoms with E-state index in [2.05, 4.69) is 10.6 Å². The quantitative estimate of drug-likeness (QED) is 0.292. The van der Waals surface area contributed by atoms with Gasteiger partial charge in [-0.25, -0.2) is 0 Å². The molecule has 3 aromatic rings. The molecule has 204 valence electrons. The summed E-state index contributed by atoms with van der Waals surface area (Å²) in [5.74, 6) is 0.371. The average molecular weight is 548 g/mol. The number of nitrogens with zero attached hydrogens (tertiary/aromatic N) is 1. The van der Waals surface area contributed by atoms with Crippen molar-refractivity contribution >= 4 is 40.2 Å². The molecular formula is C31H34ClN3O4. The van der Waals surface area contributed by atoms with Gasteiger partial charge in [0.05, 0.1) is 19.0 Å². The first-order valence-corrected chi connectivity index (χ1v) is 13.7. The van der Waals surface area contributed by atoms with E-state index in [1.165, 1.54) is 0 Å². The zero-order valence-corrected chi connectivity index (χ0v) is 23.1. The standard InChI is InChI=1S/C31H34ClN3O4/c1-21-26(20-29(36)33-17-7-3-4-8-18-34-30(37)22-9-5-6-10-22)27-19-25(39-2)15-16-28(27)35(21)31(38)23-11-13-24(32)14-12-23/h5,9-16,19H,3-4,6-8,17-18,20H2,1-2H3,(H,33,36)(H,34,37). The van der Waals surface area contributed by atoms with Crippen LogP contribution in [-0.4, -0.2) is 42.5 Å². The third kappa shape index (κ3) is 6.98. The van der Waals surface area contributed by atoms with Crippen LogP contribution in [0, 0.1) is 6.92 Å². The summed E-state index contributed by atoms with van der Waals surface area (Å²) in [5.41, 5.74) is 3.50. The van der Waals surface area contributed by atoms with Gasteiger partial charge in [-0.15, -0.1) is 0 Å². The molecule has 0 aliphatic heterocycles. The van der Waals surface area contributed by atoms with Gasteiger partial charge in [0.15, 0.2) is 0 Å². The molecule has 1 heterocycles. The first-order valence-electron chi connectivity index (χ1n) is 13.3. The third-order valence-corrected chi connectivity index (χ3v) is 7.17. The molecule has 0 fully saturated rings. The number of ether oxygens (including phenoxy) is 1. The lowest BCUT2D eigenvalue weighted by atomic mass is 10.1. The second kappa shape index (κ2) is 13.3. The van der Waals surface area contributed by atoms with Crippen molar-refractivity contribution in [3.05, 3.63) is 88.1 Å². The van der Waals surface area contributed by atoms with Crippen LogP contribution < -0.4 is 15.4 Å². The lowest BCUT2D eigenvalue weighted by Gasteiger charge is -2.09. The molecule has 0 atom stereocenters. The minimum absolute atomic E-state index is 0.0138. The second-order valence-corrected chi connectivity index (χ2v) is 10.0. The molecule has 8 heteroatoms. The summed E-state index contributed by atoms with van der Waals surface area (Å²) in [4.78, 5) is 38.3. The SMILES string of the molecule is COc1ccc2c(c1)c(CC(=O)NCCCCCCNC(=O)C1=CCC=C1)c(C)n2C(=O)c1ccc(Cl)cc1. The molecule has 0 saturated carbocycles. The maximum absolute atomic E-state index is 13.4. The number of carbonyl (C=O) groups excluding carboxylic acids is 3. The van der Waals surface area contributed by atoms with Crippen LogP contribution in [-0.2, 0) is 16.0 Å². The summed E-state index contributed by atoms with van der Waals surface area (Å²) >= 11 is 6.01. The molecule has 0 spiro atoms. The highest BCUT2D eigenvalue weighted by atomic mass is 35.5. The van der Waals surface area contributed by atoms with Crippen molar-refractivity contribution in [2.75, 3.05) is 20.2 Å². The number of hydrogen-bond donors (Lipinski definition) is 2. The highest BCUT2D eigenvalue weighted by Gasteiger charge is 2.22. The maximum Gasteiger partial charge on any atom is 0.262 e. The number of carbonyl (C=O) groups is 3. The minimum Gasteiger partial charge on any atom is -0.497 e. The van der Waals surface area contributed by atoms with Gasteiger partial charge in [-0.2, -0.15) is 0 Å². The van der Waals surface area contributed by atoms with Gasteiger partial charge in [0.25, 0.3) is 11.8 Å². The van der Waals surface area contributed by atoms with E-state index in [0.717, 1.165) is 59.8 Å². The number of benzene rings is 2. The Hall–Kier alpha value is -3.84. The van der Waals surface area contributed by atoms with Crippen molar-refractivity contribution in [1.82, 2.24) is 15.2 Å². The van der Waals surface area contributed by atoms with Crippen molar-refractivity contribution in [3.63, 3.8) is 0 Å². The smallest absolute Gasteiger partial charge is 0.262 e. The highest BCUT2D eigenvalue weighted by Crippen LogP contribution is 2.31. The van der Waals surface area contributed by atoms with E-state index in [1.54, 1.807) is 35.9 Å². The first-order chi connectivity index (χ1) is 18.9. The van der Waals surface area contributed by atoms with Crippen LogP contribution in [0.5, 0.6) is 5.75 Å². The van der Waals surface area contributed by atoms with E-state index in [-0.39, 0.29) is 24.1 Å². The summed E-state index contributed by atoms with van der Waals surface area (Å²) in [6.45, 7) is 3.09. The predicted molar refractivity (Wildman–Crippen MR) is 154 cm³/mol. The fourth-order valence-corrected chi connectivity index (χ4v) is 4.91. The zero-order valence-electron chi connectivity index (χ0n) is 22.4. The van der Waals surface area contributed by atoms with Crippen LogP contribution in [0.3, 0.4) is 0 Å². The van der Waals surface area contributed by atoms with E-state index in [1.807, 2.05) is 43.4 Å². The molecule has 2 N–H and O–H groups in total. The Bertz CT molecular complexity index is 1420. The van der Waals surface area contributed by atoms with E-state index in [0.29, 0.717) is 29.4 Å². The zero-order chi connectivity index (χ0) is 27.8. The summed E-state index contributed by atoms with van der Waals surface area (Å²) in [7, 11) is 1.59. The minimum atomic E-state index is -0.182. The van der Waals surface area contributed by atoms with Crippen LogP contribution >= 0.6 is 11.6 Å². The van der Waals surface area contributed by atoms with Crippen molar-refractivity contribution in [1.29, 1.82) is 0 Å². The van der Waals surface area contributed by atoms with Gasteiger partial charge in [-0.3, -0.25) is 19.0 Å². The number of amides is 2. The number of nitrogens with one attached hydrogen (secondary N) is 2. The molecule has 0 saturated heterocycles. The van der Waals surface area contributed by atoms with Crippen LogP contribution in [0.4, 0.5) is 0 Å². The third-order valence-electron chi connectivity index (χ3n) is 6.92. The van der Waals surface area contributed by atoms with Gasteiger partial charge >= 0.3 is 0 Å². The van der Waals surface area contributed by atoms with Gasteiger partial charge in [-0.05, 0) is 74.2 Å². The highest BCUT2D eigenvalue weighted by molar-refractivity contribution is 6.30. The Morgan fingerprint density at radius 3 is 2.36 bits per heavy atom. The van der Waals surface area contributed by atoms with Gasteiger partial charge in [0, 0.05) is 40.3 Å². The Balaban J connectivity index is 1.32.